The average molecular weight is 385 g/mol. The molecular weight excluding hydrogens is 362 g/mol. The molecule has 1 atom stereocenters. The van der Waals surface area contributed by atoms with Crippen LogP contribution in [0.2, 0.25) is 0 Å². The Labute approximate surface area is 161 Å². The van der Waals surface area contributed by atoms with E-state index in [0.29, 0.717) is 11.6 Å². The highest BCUT2D eigenvalue weighted by atomic mass is 32.2. The number of aromatic nitrogens is 4. The van der Waals surface area contributed by atoms with Crippen LogP contribution in [-0.4, -0.2) is 43.2 Å². The quantitative estimate of drug-likeness (QED) is 0.600. The number of benzene rings is 1. The maximum atomic E-state index is 12.2. The maximum Gasteiger partial charge on any atom is 0.231 e. The summed E-state index contributed by atoms with van der Waals surface area (Å²) in [5.74, 6) is -0.0683. The molecule has 0 aliphatic heterocycles. The lowest BCUT2D eigenvalue weighted by atomic mass is 10.1. The summed E-state index contributed by atoms with van der Waals surface area (Å²) in [5, 5.41) is 12.7. The van der Waals surface area contributed by atoms with Gasteiger partial charge in [-0.3, -0.25) is 9.59 Å². The molecule has 2 aromatic heterocycles. The van der Waals surface area contributed by atoms with E-state index in [-0.39, 0.29) is 17.4 Å². The number of carbonyl (C=O) groups is 2. The first-order valence-electron chi connectivity index (χ1n) is 9.01. The van der Waals surface area contributed by atoms with E-state index in [2.05, 4.69) is 27.4 Å². The third-order valence-electron chi connectivity index (χ3n) is 4.49. The summed E-state index contributed by atoms with van der Waals surface area (Å²) in [7, 11) is 1.94. The highest BCUT2D eigenvalue weighted by molar-refractivity contribution is 7.99. The van der Waals surface area contributed by atoms with Crippen LogP contribution >= 0.6 is 11.8 Å². The van der Waals surface area contributed by atoms with Gasteiger partial charge in [-0.05, 0) is 19.4 Å². The van der Waals surface area contributed by atoms with Crippen molar-refractivity contribution in [3.63, 3.8) is 0 Å². The second-order valence-electron chi connectivity index (χ2n) is 6.50. The molecular formula is C19H23N5O2S. The average Bonchev–Trinajstić information content (AvgIpc) is 2.95. The summed E-state index contributed by atoms with van der Waals surface area (Å²) in [5.41, 5.74) is 2.52. The number of fused-ring (bicyclic) bond motifs is 3. The zero-order valence-electron chi connectivity index (χ0n) is 15.7. The van der Waals surface area contributed by atoms with Crippen molar-refractivity contribution in [2.75, 3.05) is 5.75 Å². The van der Waals surface area contributed by atoms with Crippen LogP contribution in [0.4, 0.5) is 0 Å². The smallest absolute Gasteiger partial charge is 0.231 e. The molecule has 0 aliphatic carbocycles. The van der Waals surface area contributed by atoms with Gasteiger partial charge in [-0.25, -0.2) is 4.98 Å². The molecule has 1 unspecified atom stereocenters. The van der Waals surface area contributed by atoms with Gasteiger partial charge < -0.3 is 9.88 Å². The number of aryl methyl sites for hydroxylation is 1. The second-order valence-corrected chi connectivity index (χ2v) is 7.45. The van der Waals surface area contributed by atoms with Crippen molar-refractivity contribution in [1.29, 1.82) is 0 Å². The number of hydrogen-bond donors (Lipinski definition) is 1. The third-order valence-corrected chi connectivity index (χ3v) is 5.33. The molecule has 3 aromatic rings. The van der Waals surface area contributed by atoms with Gasteiger partial charge in [0.2, 0.25) is 11.1 Å². The Morgan fingerprint density at radius 3 is 2.78 bits per heavy atom. The van der Waals surface area contributed by atoms with Gasteiger partial charge >= 0.3 is 0 Å². The number of carbonyl (C=O) groups excluding carboxylic acids is 2. The fraction of sp³-hybridized carbons (Fsp3) is 0.421. The number of Topliss-reactive ketones (excluding diaryl/α,β-unsaturated/α-hetero) is 1. The molecule has 0 bridgehead atoms. The fourth-order valence-corrected chi connectivity index (χ4v) is 3.60. The number of thioether (sulfide) groups is 1. The molecule has 2 heterocycles. The van der Waals surface area contributed by atoms with Gasteiger partial charge in [0.15, 0.2) is 11.4 Å². The number of para-hydroxylation sites is 1. The van der Waals surface area contributed by atoms with Crippen molar-refractivity contribution in [2.45, 2.75) is 44.3 Å². The number of nitrogens with zero attached hydrogens (tertiary/aromatic N) is 4. The zero-order chi connectivity index (χ0) is 19.4. The zero-order valence-corrected chi connectivity index (χ0v) is 16.5. The highest BCUT2D eigenvalue weighted by Gasteiger charge is 2.17. The number of rotatable bonds is 8. The van der Waals surface area contributed by atoms with Crippen molar-refractivity contribution >= 4 is 45.5 Å². The Bertz CT molecular complexity index is 985. The normalized spacial score (nSPS) is 12.4. The minimum absolute atomic E-state index is 0.0170. The number of ketones is 1. The number of hydrogen-bond acceptors (Lipinski definition) is 6. The van der Waals surface area contributed by atoms with Crippen LogP contribution in [0.3, 0.4) is 0 Å². The largest absolute Gasteiger partial charge is 0.346 e. The Balaban J connectivity index is 1.70. The third kappa shape index (κ3) is 4.27. The second kappa shape index (κ2) is 8.47. The van der Waals surface area contributed by atoms with Crippen molar-refractivity contribution in [1.82, 2.24) is 25.1 Å². The van der Waals surface area contributed by atoms with E-state index in [0.717, 1.165) is 34.9 Å². The molecule has 3 rings (SSSR count). The Kier molecular flexibility index (Phi) is 6.05. The molecule has 8 heteroatoms. The molecule has 0 saturated carbocycles. The monoisotopic (exact) mass is 385 g/mol. The summed E-state index contributed by atoms with van der Waals surface area (Å²) in [4.78, 5) is 28.4. The SMILES string of the molecule is CCCCC(NC(=O)CSc1nnc2c3ccccc3n(C)c2n1)C(C)=O. The van der Waals surface area contributed by atoms with Gasteiger partial charge in [-0.1, -0.05) is 49.7 Å². The predicted octanol–water partition coefficient (Wildman–Crippen LogP) is 2.87. The molecule has 27 heavy (non-hydrogen) atoms. The molecule has 0 radical (unpaired) electrons. The van der Waals surface area contributed by atoms with Gasteiger partial charge in [-0.15, -0.1) is 10.2 Å². The first kappa shape index (κ1) is 19.3. The lowest BCUT2D eigenvalue weighted by molar-refractivity contribution is -0.125. The van der Waals surface area contributed by atoms with Crippen molar-refractivity contribution in [3.8, 4) is 0 Å². The first-order valence-corrected chi connectivity index (χ1v) is 10.00. The minimum Gasteiger partial charge on any atom is -0.346 e. The van der Waals surface area contributed by atoms with Crippen LogP contribution in [-0.2, 0) is 16.6 Å². The van der Waals surface area contributed by atoms with E-state index in [1.807, 2.05) is 35.9 Å². The van der Waals surface area contributed by atoms with Crippen LogP contribution in [0.15, 0.2) is 29.4 Å². The van der Waals surface area contributed by atoms with E-state index in [1.165, 1.54) is 18.7 Å². The Hall–Kier alpha value is -2.48. The standard InChI is InChI=1S/C19H23N5O2S/c1-4-5-9-14(12(2)25)20-16(26)11-27-19-21-18-17(22-23-19)13-8-6-7-10-15(13)24(18)3/h6-8,10,14H,4-5,9,11H2,1-3H3,(H,20,26). The molecule has 0 saturated heterocycles. The number of unbranched alkanes of at least 4 members (excludes halogenated alkanes) is 1. The molecule has 0 aliphatic rings. The van der Waals surface area contributed by atoms with Crippen molar-refractivity contribution in [3.05, 3.63) is 24.3 Å². The topological polar surface area (TPSA) is 89.8 Å². The van der Waals surface area contributed by atoms with Gasteiger partial charge in [0, 0.05) is 12.4 Å². The maximum absolute atomic E-state index is 12.2. The molecule has 0 fully saturated rings. The lowest BCUT2D eigenvalue weighted by Crippen LogP contribution is -2.40. The molecule has 142 valence electrons. The van der Waals surface area contributed by atoms with E-state index >= 15 is 0 Å². The Morgan fingerprint density at radius 2 is 2.04 bits per heavy atom. The van der Waals surface area contributed by atoms with Crippen LogP contribution in [0.5, 0.6) is 0 Å². The molecule has 7 nitrogen and oxygen atoms in total. The molecule has 1 aromatic carbocycles. The summed E-state index contributed by atoms with van der Waals surface area (Å²) in [6.45, 7) is 3.57. The Morgan fingerprint density at radius 1 is 1.26 bits per heavy atom. The van der Waals surface area contributed by atoms with Gasteiger partial charge in [0.25, 0.3) is 0 Å². The predicted molar refractivity (Wildman–Crippen MR) is 107 cm³/mol. The van der Waals surface area contributed by atoms with Crippen molar-refractivity contribution in [2.24, 2.45) is 7.05 Å². The number of amides is 1. The van der Waals surface area contributed by atoms with Gasteiger partial charge in [-0.2, -0.15) is 0 Å². The van der Waals surface area contributed by atoms with E-state index in [1.54, 1.807) is 0 Å². The van der Waals surface area contributed by atoms with E-state index < -0.39 is 6.04 Å². The number of nitrogens with one attached hydrogen (secondary N) is 1. The molecule has 1 amide bonds. The summed E-state index contributed by atoms with van der Waals surface area (Å²) < 4.78 is 1.97. The van der Waals surface area contributed by atoms with Crippen LogP contribution in [0.1, 0.15) is 33.1 Å². The highest BCUT2D eigenvalue weighted by Crippen LogP contribution is 2.25. The summed E-state index contributed by atoms with van der Waals surface area (Å²) in [6, 6.07) is 7.51. The summed E-state index contributed by atoms with van der Waals surface area (Å²) >= 11 is 1.22. The molecule has 1 N–H and O–H groups in total. The van der Waals surface area contributed by atoms with Gasteiger partial charge in [0.1, 0.15) is 5.52 Å². The first-order chi connectivity index (χ1) is 13.0. The van der Waals surface area contributed by atoms with Crippen LogP contribution in [0.25, 0.3) is 22.1 Å². The van der Waals surface area contributed by atoms with Crippen LogP contribution in [0, 0.1) is 0 Å². The summed E-state index contributed by atoms with van der Waals surface area (Å²) in [6.07, 6.45) is 2.56. The fourth-order valence-electron chi connectivity index (χ4n) is 3.00. The molecule has 0 spiro atoms. The lowest BCUT2D eigenvalue weighted by Gasteiger charge is -2.15. The minimum atomic E-state index is -0.419. The van der Waals surface area contributed by atoms with Crippen molar-refractivity contribution < 1.29 is 9.59 Å². The van der Waals surface area contributed by atoms with E-state index in [9.17, 15) is 9.59 Å². The van der Waals surface area contributed by atoms with Crippen LogP contribution < -0.4 is 5.32 Å². The van der Waals surface area contributed by atoms with E-state index in [4.69, 9.17) is 0 Å². The van der Waals surface area contributed by atoms with Gasteiger partial charge in [0.05, 0.1) is 17.3 Å².